The van der Waals surface area contributed by atoms with Crippen LogP contribution in [0.25, 0.3) is 16.7 Å². The molecule has 0 saturated carbocycles. The van der Waals surface area contributed by atoms with Crippen LogP contribution < -0.4 is 10.9 Å². The van der Waals surface area contributed by atoms with Gasteiger partial charge in [0.25, 0.3) is 5.56 Å². The van der Waals surface area contributed by atoms with E-state index >= 15 is 0 Å². The van der Waals surface area contributed by atoms with E-state index in [0.29, 0.717) is 34.2 Å². The third kappa shape index (κ3) is 4.35. The number of amides is 1. The minimum absolute atomic E-state index is 0.0698. The van der Waals surface area contributed by atoms with Gasteiger partial charge in [-0.3, -0.25) is 14.2 Å². The highest BCUT2D eigenvalue weighted by molar-refractivity contribution is 7.99. The van der Waals surface area contributed by atoms with E-state index in [2.05, 4.69) is 34.1 Å². The zero-order valence-corrected chi connectivity index (χ0v) is 18.4. The zero-order chi connectivity index (χ0) is 22.0. The summed E-state index contributed by atoms with van der Waals surface area (Å²) >= 11 is 1.46. The summed E-state index contributed by atoms with van der Waals surface area (Å²) in [5.74, 6) is 0.199. The van der Waals surface area contributed by atoms with Crippen molar-refractivity contribution in [1.29, 1.82) is 0 Å². The maximum absolute atomic E-state index is 13.2. The standard InChI is InChI=1S/C21H25FN6O2S/c1-3-26(4-2)10-9-23-18(29)11-16-13-31-21-25-19-17(20(30)27(16)21)12-24-28(19)15-7-5-14(22)6-8-15/h5-8,12,16H,3-4,9-11,13H2,1-2H3,(H,23,29). The Morgan fingerprint density at radius 1 is 1.29 bits per heavy atom. The molecule has 1 aliphatic rings. The van der Waals surface area contributed by atoms with Gasteiger partial charge in [0.2, 0.25) is 5.91 Å². The summed E-state index contributed by atoms with van der Waals surface area (Å²) in [5.41, 5.74) is 0.847. The van der Waals surface area contributed by atoms with Crippen LogP contribution in [0, 0.1) is 5.82 Å². The maximum atomic E-state index is 13.2. The second-order valence-electron chi connectivity index (χ2n) is 7.39. The minimum Gasteiger partial charge on any atom is -0.355 e. The molecule has 0 aliphatic carbocycles. The van der Waals surface area contributed by atoms with Crippen molar-refractivity contribution in [2.24, 2.45) is 0 Å². The van der Waals surface area contributed by atoms with Gasteiger partial charge in [0, 0.05) is 25.3 Å². The number of carbonyl (C=O) groups is 1. The number of halogens is 1. The Bertz CT molecular complexity index is 1140. The Morgan fingerprint density at radius 3 is 2.74 bits per heavy atom. The SMILES string of the molecule is CCN(CC)CCNC(=O)CC1CSc2nc3c(cnn3-c3ccc(F)cc3)c(=O)n21. The molecule has 3 heterocycles. The molecule has 0 fully saturated rings. The van der Waals surface area contributed by atoms with Gasteiger partial charge in [-0.05, 0) is 37.4 Å². The molecule has 4 rings (SSSR count). The van der Waals surface area contributed by atoms with E-state index in [1.165, 1.54) is 34.8 Å². The summed E-state index contributed by atoms with van der Waals surface area (Å²) in [6, 6.07) is 5.62. The van der Waals surface area contributed by atoms with Crippen LogP contribution in [0.5, 0.6) is 0 Å². The van der Waals surface area contributed by atoms with Gasteiger partial charge >= 0.3 is 0 Å². The highest BCUT2D eigenvalue weighted by Crippen LogP contribution is 2.33. The fourth-order valence-electron chi connectivity index (χ4n) is 3.73. The predicted octanol–water partition coefficient (Wildman–Crippen LogP) is 2.22. The Labute approximate surface area is 183 Å². The maximum Gasteiger partial charge on any atom is 0.265 e. The number of hydrogen-bond acceptors (Lipinski definition) is 6. The first-order valence-electron chi connectivity index (χ1n) is 10.4. The van der Waals surface area contributed by atoms with E-state index in [1.807, 2.05) is 0 Å². The molecule has 2 aromatic heterocycles. The summed E-state index contributed by atoms with van der Waals surface area (Å²) in [4.78, 5) is 32.5. The molecule has 1 unspecified atom stereocenters. The van der Waals surface area contributed by atoms with Crippen molar-refractivity contribution in [2.45, 2.75) is 31.5 Å². The molecule has 0 spiro atoms. The van der Waals surface area contributed by atoms with Crippen molar-refractivity contribution in [2.75, 3.05) is 31.9 Å². The average molecular weight is 445 g/mol. The molecular formula is C21H25FN6O2S. The third-order valence-corrected chi connectivity index (χ3v) is 6.61. The van der Waals surface area contributed by atoms with Crippen LogP contribution in [0.15, 0.2) is 40.4 Å². The van der Waals surface area contributed by atoms with Crippen LogP contribution in [0.3, 0.4) is 0 Å². The lowest BCUT2D eigenvalue weighted by molar-refractivity contribution is -0.121. The molecule has 3 aromatic rings. The van der Waals surface area contributed by atoms with Gasteiger partial charge in [0.15, 0.2) is 10.8 Å². The summed E-state index contributed by atoms with van der Waals surface area (Å²) in [7, 11) is 0. The van der Waals surface area contributed by atoms with Crippen molar-refractivity contribution < 1.29 is 9.18 Å². The first-order chi connectivity index (χ1) is 15.0. The number of aromatic nitrogens is 4. The van der Waals surface area contributed by atoms with Gasteiger partial charge in [-0.25, -0.2) is 14.1 Å². The van der Waals surface area contributed by atoms with Crippen molar-refractivity contribution >= 4 is 28.7 Å². The van der Waals surface area contributed by atoms with Crippen molar-refractivity contribution in [3.63, 3.8) is 0 Å². The number of rotatable bonds is 8. The second-order valence-corrected chi connectivity index (χ2v) is 8.37. The molecule has 1 amide bonds. The van der Waals surface area contributed by atoms with Crippen LogP contribution in [0.2, 0.25) is 0 Å². The molecule has 10 heteroatoms. The quantitative estimate of drug-likeness (QED) is 0.537. The first-order valence-corrected chi connectivity index (χ1v) is 11.4. The third-order valence-electron chi connectivity index (χ3n) is 5.51. The molecule has 0 bridgehead atoms. The monoisotopic (exact) mass is 444 g/mol. The predicted molar refractivity (Wildman–Crippen MR) is 118 cm³/mol. The molecule has 31 heavy (non-hydrogen) atoms. The van der Waals surface area contributed by atoms with Crippen molar-refractivity contribution in [3.05, 3.63) is 46.6 Å². The fraction of sp³-hybridized carbons (Fsp3) is 0.429. The van der Waals surface area contributed by atoms with Crippen LogP contribution in [0.4, 0.5) is 4.39 Å². The molecule has 0 saturated heterocycles. The van der Waals surface area contributed by atoms with E-state index in [0.717, 1.165) is 19.6 Å². The summed E-state index contributed by atoms with van der Waals surface area (Å²) < 4.78 is 16.4. The van der Waals surface area contributed by atoms with Gasteiger partial charge in [0.05, 0.1) is 17.9 Å². The number of hydrogen-bond donors (Lipinski definition) is 1. The van der Waals surface area contributed by atoms with Crippen molar-refractivity contribution in [3.8, 4) is 5.69 Å². The lowest BCUT2D eigenvalue weighted by Gasteiger charge is -2.18. The minimum atomic E-state index is -0.345. The average Bonchev–Trinajstić information content (AvgIpc) is 3.37. The molecule has 1 N–H and O–H groups in total. The molecule has 1 aromatic carbocycles. The number of likely N-dealkylation sites (N-methyl/N-ethyl adjacent to an activating group) is 1. The van der Waals surface area contributed by atoms with E-state index in [4.69, 9.17) is 0 Å². The van der Waals surface area contributed by atoms with E-state index < -0.39 is 0 Å². The summed E-state index contributed by atoms with van der Waals surface area (Å²) in [5, 5.41) is 8.18. The van der Waals surface area contributed by atoms with Gasteiger partial charge in [-0.1, -0.05) is 25.6 Å². The molecule has 1 aliphatic heterocycles. The highest BCUT2D eigenvalue weighted by Gasteiger charge is 2.29. The molecule has 8 nitrogen and oxygen atoms in total. The van der Waals surface area contributed by atoms with Gasteiger partial charge in [-0.2, -0.15) is 5.10 Å². The Kier molecular flexibility index (Phi) is 6.38. The van der Waals surface area contributed by atoms with Gasteiger partial charge < -0.3 is 10.2 Å². The smallest absolute Gasteiger partial charge is 0.265 e. The molecule has 1 atom stereocenters. The number of nitrogens with zero attached hydrogens (tertiary/aromatic N) is 5. The van der Waals surface area contributed by atoms with Crippen LogP contribution >= 0.6 is 11.8 Å². The van der Waals surface area contributed by atoms with Gasteiger partial charge in [-0.15, -0.1) is 0 Å². The normalized spacial score (nSPS) is 15.5. The number of fused-ring (bicyclic) bond motifs is 2. The fourth-order valence-corrected chi connectivity index (χ4v) is 4.86. The summed E-state index contributed by atoms with van der Waals surface area (Å²) in [6.07, 6.45) is 1.71. The molecule has 0 radical (unpaired) electrons. The van der Waals surface area contributed by atoms with Crippen LogP contribution in [-0.2, 0) is 4.79 Å². The lowest BCUT2D eigenvalue weighted by atomic mass is 10.2. The zero-order valence-electron chi connectivity index (χ0n) is 17.5. The number of carbonyl (C=O) groups excluding carboxylic acids is 1. The van der Waals surface area contributed by atoms with Gasteiger partial charge in [0.1, 0.15) is 11.2 Å². The largest absolute Gasteiger partial charge is 0.355 e. The Morgan fingerprint density at radius 2 is 2.03 bits per heavy atom. The lowest BCUT2D eigenvalue weighted by Crippen LogP contribution is -2.36. The topological polar surface area (TPSA) is 85.1 Å². The van der Waals surface area contributed by atoms with Crippen molar-refractivity contribution in [1.82, 2.24) is 29.5 Å². The Balaban J connectivity index is 1.53. The first kappa shape index (κ1) is 21.5. The van der Waals surface area contributed by atoms with E-state index in [1.54, 1.807) is 16.7 Å². The highest BCUT2D eigenvalue weighted by atomic mass is 32.2. The molecule has 164 valence electrons. The molecular weight excluding hydrogens is 419 g/mol. The van der Waals surface area contributed by atoms with E-state index in [-0.39, 0.29) is 29.7 Å². The van der Waals surface area contributed by atoms with E-state index in [9.17, 15) is 14.0 Å². The van der Waals surface area contributed by atoms with Crippen LogP contribution in [0.1, 0.15) is 26.3 Å². The second kappa shape index (κ2) is 9.19. The number of thioether (sulfide) groups is 1. The number of nitrogens with one attached hydrogen (secondary N) is 1. The summed E-state index contributed by atoms with van der Waals surface area (Å²) in [6.45, 7) is 7.47. The number of benzene rings is 1. The Hall–Kier alpha value is -2.72. The van der Waals surface area contributed by atoms with Crippen LogP contribution in [-0.4, -0.2) is 62.1 Å².